The third-order valence-electron chi connectivity index (χ3n) is 3.58. The summed E-state index contributed by atoms with van der Waals surface area (Å²) in [6, 6.07) is 7.39. The second-order valence-corrected chi connectivity index (χ2v) is 5.72. The molecule has 1 heterocycles. The molecule has 0 radical (unpaired) electrons. The van der Waals surface area contributed by atoms with Gasteiger partial charge in [-0.05, 0) is 47.7 Å². The number of aryl methyl sites for hydroxylation is 1. The molecule has 2 aromatic rings. The van der Waals surface area contributed by atoms with E-state index in [4.69, 9.17) is 27.9 Å². The van der Waals surface area contributed by atoms with Gasteiger partial charge in [-0.1, -0.05) is 35.3 Å². The summed E-state index contributed by atoms with van der Waals surface area (Å²) in [5.41, 5.74) is 4.80. The smallest absolute Gasteiger partial charge is 0.354 e. The summed E-state index contributed by atoms with van der Waals surface area (Å²) in [7, 11) is 1.38. The van der Waals surface area contributed by atoms with Crippen LogP contribution >= 0.6 is 23.2 Å². The summed E-state index contributed by atoms with van der Waals surface area (Å²) < 4.78 is 4.73. The Bertz CT molecular complexity index is 747. The number of aromatic amines is 1. The number of benzene rings is 1. The van der Waals surface area contributed by atoms with Crippen molar-refractivity contribution in [3.63, 3.8) is 0 Å². The molecule has 0 aliphatic heterocycles. The molecule has 1 aromatic heterocycles. The molecule has 1 aliphatic carbocycles. The van der Waals surface area contributed by atoms with E-state index in [9.17, 15) is 4.79 Å². The number of methoxy groups -OCH3 is 1. The highest BCUT2D eigenvalue weighted by molar-refractivity contribution is 6.42. The van der Waals surface area contributed by atoms with Gasteiger partial charge in [-0.25, -0.2) is 4.79 Å². The maximum absolute atomic E-state index is 11.6. The molecule has 0 bridgehead atoms. The fourth-order valence-corrected chi connectivity index (χ4v) is 2.86. The van der Waals surface area contributed by atoms with Gasteiger partial charge in [-0.2, -0.15) is 0 Å². The molecular weight excluding hydrogens is 309 g/mol. The van der Waals surface area contributed by atoms with Gasteiger partial charge in [-0.3, -0.25) is 0 Å². The highest BCUT2D eigenvalue weighted by atomic mass is 35.5. The average Bonchev–Trinajstić information content (AvgIpc) is 3.04. The Morgan fingerprint density at radius 1 is 1.24 bits per heavy atom. The van der Waals surface area contributed by atoms with Gasteiger partial charge in [0.1, 0.15) is 5.69 Å². The number of esters is 1. The monoisotopic (exact) mass is 321 g/mol. The molecule has 3 rings (SSSR count). The van der Waals surface area contributed by atoms with Crippen LogP contribution in [0, 0.1) is 0 Å². The molecule has 0 unspecified atom stereocenters. The lowest BCUT2D eigenvalue weighted by Gasteiger charge is -2.01. The predicted molar refractivity (Wildman–Crippen MR) is 84.8 cm³/mol. The highest BCUT2D eigenvalue weighted by Crippen LogP contribution is 2.35. The number of H-pyrrole nitrogens is 1. The van der Waals surface area contributed by atoms with Crippen LogP contribution in [0.25, 0.3) is 11.6 Å². The number of hydrogen-bond donors (Lipinski definition) is 1. The van der Waals surface area contributed by atoms with Crippen LogP contribution in [0.3, 0.4) is 0 Å². The zero-order valence-electron chi connectivity index (χ0n) is 11.4. The van der Waals surface area contributed by atoms with E-state index < -0.39 is 0 Å². The zero-order chi connectivity index (χ0) is 15.0. The van der Waals surface area contributed by atoms with Crippen LogP contribution in [0.4, 0.5) is 0 Å². The van der Waals surface area contributed by atoms with Crippen molar-refractivity contribution in [2.24, 2.45) is 0 Å². The molecule has 1 aromatic carbocycles. The second-order valence-electron chi connectivity index (χ2n) is 4.91. The number of fused-ring (bicyclic) bond motifs is 1. The molecule has 21 heavy (non-hydrogen) atoms. The number of allylic oxidation sites excluding steroid dienone is 1. The Balaban J connectivity index is 1.96. The minimum Gasteiger partial charge on any atom is -0.464 e. The van der Waals surface area contributed by atoms with E-state index in [1.54, 1.807) is 6.07 Å². The van der Waals surface area contributed by atoms with E-state index in [1.807, 2.05) is 18.2 Å². The Hall–Kier alpha value is -1.71. The van der Waals surface area contributed by atoms with E-state index in [2.05, 4.69) is 11.1 Å². The van der Waals surface area contributed by atoms with Crippen molar-refractivity contribution < 1.29 is 9.53 Å². The van der Waals surface area contributed by atoms with E-state index in [0.717, 1.165) is 29.7 Å². The van der Waals surface area contributed by atoms with Crippen LogP contribution in [0.1, 0.15) is 33.7 Å². The highest BCUT2D eigenvalue weighted by Gasteiger charge is 2.21. The van der Waals surface area contributed by atoms with Crippen LogP contribution in [0.15, 0.2) is 24.3 Å². The van der Waals surface area contributed by atoms with Crippen LogP contribution < -0.4 is 0 Å². The van der Waals surface area contributed by atoms with Crippen LogP contribution in [-0.2, 0) is 11.2 Å². The number of carbonyl (C=O) groups excluding carboxylic acids is 1. The van der Waals surface area contributed by atoms with E-state index in [-0.39, 0.29) is 5.97 Å². The van der Waals surface area contributed by atoms with Gasteiger partial charge in [0.25, 0.3) is 0 Å². The SMILES string of the molecule is COC(=O)c1cc2c([nH]1)CC/C2=C/c1ccc(Cl)c(Cl)c1. The summed E-state index contributed by atoms with van der Waals surface area (Å²) in [6.45, 7) is 0. The molecule has 0 spiro atoms. The van der Waals surface area contributed by atoms with Crippen molar-refractivity contribution in [2.45, 2.75) is 12.8 Å². The van der Waals surface area contributed by atoms with Gasteiger partial charge in [-0.15, -0.1) is 0 Å². The van der Waals surface area contributed by atoms with Crippen molar-refractivity contribution in [3.05, 3.63) is 56.8 Å². The molecule has 0 fully saturated rings. The van der Waals surface area contributed by atoms with Gasteiger partial charge in [0, 0.05) is 5.69 Å². The van der Waals surface area contributed by atoms with Gasteiger partial charge < -0.3 is 9.72 Å². The van der Waals surface area contributed by atoms with E-state index in [0.29, 0.717) is 15.7 Å². The number of halogens is 2. The minimum atomic E-state index is -0.349. The van der Waals surface area contributed by atoms with Crippen molar-refractivity contribution >= 4 is 40.8 Å². The average molecular weight is 322 g/mol. The second kappa shape index (κ2) is 5.58. The number of aromatic nitrogens is 1. The molecule has 1 N–H and O–H groups in total. The molecule has 0 saturated heterocycles. The predicted octanol–water partition coefficient (Wildman–Crippen LogP) is 4.59. The first-order chi connectivity index (χ1) is 10.1. The largest absolute Gasteiger partial charge is 0.464 e. The fourth-order valence-electron chi connectivity index (χ4n) is 2.55. The van der Waals surface area contributed by atoms with Crippen LogP contribution in [0.5, 0.6) is 0 Å². The maximum Gasteiger partial charge on any atom is 0.354 e. The lowest BCUT2D eigenvalue weighted by Crippen LogP contribution is -2.01. The van der Waals surface area contributed by atoms with Gasteiger partial charge >= 0.3 is 5.97 Å². The molecular formula is C16H13Cl2NO2. The Morgan fingerprint density at radius 2 is 2.05 bits per heavy atom. The van der Waals surface area contributed by atoms with Gasteiger partial charge in [0.2, 0.25) is 0 Å². The lowest BCUT2D eigenvalue weighted by atomic mass is 10.1. The quantitative estimate of drug-likeness (QED) is 0.821. The first-order valence-electron chi connectivity index (χ1n) is 6.54. The summed E-state index contributed by atoms with van der Waals surface area (Å²) in [5.74, 6) is -0.349. The number of carbonyl (C=O) groups is 1. The first-order valence-corrected chi connectivity index (χ1v) is 7.30. The number of hydrogen-bond acceptors (Lipinski definition) is 2. The third kappa shape index (κ3) is 2.71. The van der Waals surface area contributed by atoms with Crippen molar-refractivity contribution in [3.8, 4) is 0 Å². The van der Waals surface area contributed by atoms with Gasteiger partial charge in [0.15, 0.2) is 0 Å². The topological polar surface area (TPSA) is 42.1 Å². The molecule has 0 atom stereocenters. The number of rotatable bonds is 2. The van der Waals surface area contributed by atoms with Crippen molar-refractivity contribution in [1.82, 2.24) is 4.98 Å². The fraction of sp³-hybridized carbons (Fsp3) is 0.188. The maximum atomic E-state index is 11.6. The zero-order valence-corrected chi connectivity index (χ0v) is 12.9. The van der Waals surface area contributed by atoms with Gasteiger partial charge in [0.05, 0.1) is 17.2 Å². The minimum absolute atomic E-state index is 0.349. The Morgan fingerprint density at radius 3 is 2.76 bits per heavy atom. The molecule has 5 heteroatoms. The third-order valence-corrected chi connectivity index (χ3v) is 4.32. The lowest BCUT2D eigenvalue weighted by molar-refractivity contribution is 0.0594. The van der Waals surface area contributed by atoms with E-state index >= 15 is 0 Å². The summed E-state index contributed by atoms with van der Waals surface area (Å²) in [6.07, 6.45) is 3.89. The number of nitrogens with one attached hydrogen (secondary N) is 1. The molecule has 108 valence electrons. The first kappa shape index (κ1) is 14.2. The van der Waals surface area contributed by atoms with Crippen molar-refractivity contribution in [2.75, 3.05) is 7.11 Å². The molecule has 0 amide bonds. The standard InChI is InChI=1S/C16H13Cl2NO2/c1-21-16(20)15-8-11-10(3-5-14(11)19-15)6-9-2-4-12(17)13(18)7-9/h2,4,6-8,19H,3,5H2,1H3/b10-6-. The Kier molecular flexibility index (Phi) is 3.79. The van der Waals surface area contributed by atoms with Crippen molar-refractivity contribution in [1.29, 1.82) is 0 Å². The Labute approximate surface area is 132 Å². The number of ether oxygens (including phenoxy) is 1. The summed E-state index contributed by atoms with van der Waals surface area (Å²) in [4.78, 5) is 14.7. The van der Waals surface area contributed by atoms with Crippen LogP contribution in [-0.4, -0.2) is 18.1 Å². The molecule has 1 aliphatic rings. The summed E-state index contributed by atoms with van der Waals surface area (Å²) in [5, 5.41) is 1.08. The molecule has 0 saturated carbocycles. The van der Waals surface area contributed by atoms with Crippen LogP contribution in [0.2, 0.25) is 10.0 Å². The molecule has 3 nitrogen and oxygen atoms in total. The normalized spacial score (nSPS) is 15.3. The summed E-state index contributed by atoms with van der Waals surface area (Å²) >= 11 is 12.0. The van der Waals surface area contributed by atoms with E-state index in [1.165, 1.54) is 12.7 Å².